The zero-order chi connectivity index (χ0) is 19.1. The van der Waals surface area contributed by atoms with Gasteiger partial charge in [-0.25, -0.2) is 0 Å². The van der Waals surface area contributed by atoms with E-state index in [0.29, 0.717) is 16.8 Å². The average molecular weight is 361 g/mol. The predicted octanol–water partition coefficient (Wildman–Crippen LogP) is 4.15. The van der Waals surface area contributed by atoms with Crippen LogP contribution in [0.2, 0.25) is 0 Å². The first kappa shape index (κ1) is 19.1. The van der Waals surface area contributed by atoms with Crippen molar-refractivity contribution in [2.75, 3.05) is 12.4 Å². The van der Waals surface area contributed by atoms with Crippen molar-refractivity contribution in [3.8, 4) is 11.5 Å². The molecule has 1 N–H and O–H groups in total. The molecule has 7 heteroatoms. The lowest BCUT2D eigenvalue weighted by Gasteiger charge is -2.10. The number of ketones is 1. The van der Waals surface area contributed by atoms with Gasteiger partial charge in [0.05, 0.1) is 7.11 Å². The Bertz CT molecular complexity index is 817. The van der Waals surface area contributed by atoms with E-state index in [1.54, 1.807) is 24.3 Å². The number of nitrogens with one attached hydrogen (secondary N) is 1. The number of Topliss-reactive ketones (excluding diaryl/α,β-unsaturated/α-hetero) is 1. The van der Waals surface area contributed by atoms with Gasteiger partial charge in [-0.1, -0.05) is 6.07 Å². The van der Waals surface area contributed by atoms with E-state index in [9.17, 15) is 18.4 Å². The highest BCUT2D eigenvalue weighted by Crippen LogP contribution is 2.29. The fraction of sp³-hybridized carbons (Fsp3) is 0.158. The van der Waals surface area contributed by atoms with Crippen molar-refractivity contribution < 1.29 is 27.8 Å². The second-order valence-electron chi connectivity index (χ2n) is 5.24. The number of benzene rings is 2. The summed E-state index contributed by atoms with van der Waals surface area (Å²) in [5.74, 6) is -0.397. The molecule has 0 heterocycles. The van der Waals surface area contributed by atoms with Crippen molar-refractivity contribution in [3.05, 3.63) is 59.7 Å². The van der Waals surface area contributed by atoms with E-state index in [0.717, 1.165) is 0 Å². The molecule has 0 saturated carbocycles. The molecule has 5 nitrogen and oxygen atoms in total. The van der Waals surface area contributed by atoms with Gasteiger partial charge < -0.3 is 14.8 Å². The summed E-state index contributed by atoms with van der Waals surface area (Å²) >= 11 is 0. The maximum absolute atomic E-state index is 12.3. The number of hydrogen-bond acceptors (Lipinski definition) is 4. The monoisotopic (exact) mass is 361 g/mol. The van der Waals surface area contributed by atoms with Crippen molar-refractivity contribution in [1.82, 2.24) is 0 Å². The van der Waals surface area contributed by atoms with E-state index in [1.807, 2.05) is 0 Å². The first-order valence-corrected chi connectivity index (χ1v) is 7.62. The number of halogens is 2. The Hall–Kier alpha value is -3.22. The molecule has 26 heavy (non-hydrogen) atoms. The summed E-state index contributed by atoms with van der Waals surface area (Å²) < 4.78 is 33.9. The van der Waals surface area contributed by atoms with E-state index < -0.39 is 6.61 Å². The normalized spacial score (nSPS) is 10.8. The van der Waals surface area contributed by atoms with Gasteiger partial charge in [0.15, 0.2) is 17.3 Å². The molecule has 0 fully saturated rings. The largest absolute Gasteiger partial charge is 0.493 e. The summed E-state index contributed by atoms with van der Waals surface area (Å²) in [7, 11) is 1.33. The summed E-state index contributed by atoms with van der Waals surface area (Å²) in [6.45, 7) is -1.49. The van der Waals surface area contributed by atoms with Crippen LogP contribution < -0.4 is 14.8 Å². The number of rotatable bonds is 7. The molecule has 0 aromatic heterocycles. The lowest BCUT2D eigenvalue weighted by atomic mass is 10.1. The highest BCUT2D eigenvalue weighted by atomic mass is 19.3. The minimum absolute atomic E-state index is 0.0593. The van der Waals surface area contributed by atoms with E-state index in [4.69, 9.17) is 4.74 Å². The van der Waals surface area contributed by atoms with Gasteiger partial charge in [0.1, 0.15) is 0 Å². The van der Waals surface area contributed by atoms with Gasteiger partial charge in [-0.3, -0.25) is 9.59 Å². The summed E-state index contributed by atoms with van der Waals surface area (Å²) in [6, 6.07) is 10.8. The van der Waals surface area contributed by atoms with Crippen LogP contribution in [-0.2, 0) is 4.79 Å². The molecule has 0 aliphatic heterocycles. The quantitative estimate of drug-likeness (QED) is 0.594. The second kappa shape index (κ2) is 8.75. The zero-order valence-corrected chi connectivity index (χ0v) is 14.2. The van der Waals surface area contributed by atoms with Crippen molar-refractivity contribution >= 4 is 23.5 Å². The van der Waals surface area contributed by atoms with Crippen LogP contribution >= 0.6 is 0 Å². The Kier molecular flexibility index (Phi) is 6.43. The van der Waals surface area contributed by atoms with Crippen molar-refractivity contribution in [1.29, 1.82) is 0 Å². The van der Waals surface area contributed by atoms with Crippen LogP contribution in [0.15, 0.2) is 48.5 Å². The van der Waals surface area contributed by atoms with Crippen LogP contribution in [0.3, 0.4) is 0 Å². The summed E-state index contributed by atoms with van der Waals surface area (Å²) in [6.07, 6.45) is 2.80. The maximum Gasteiger partial charge on any atom is 0.387 e. The number of amides is 1. The SMILES string of the molecule is COc1cc(/C=C/C(=O)Nc2ccc(C(C)=O)cc2)ccc1OC(F)F. The molecule has 0 bridgehead atoms. The number of hydrogen-bond donors (Lipinski definition) is 1. The molecule has 136 valence electrons. The molecule has 0 saturated heterocycles. The smallest absolute Gasteiger partial charge is 0.387 e. The number of carbonyl (C=O) groups is 2. The first-order valence-electron chi connectivity index (χ1n) is 7.62. The van der Waals surface area contributed by atoms with Crippen LogP contribution in [0, 0.1) is 0 Å². The maximum atomic E-state index is 12.3. The zero-order valence-electron chi connectivity index (χ0n) is 14.2. The van der Waals surface area contributed by atoms with E-state index in [-0.39, 0.29) is 23.2 Å². The Labute approximate surface area is 149 Å². The fourth-order valence-corrected chi connectivity index (χ4v) is 2.13. The molecule has 2 aromatic rings. The molecule has 0 atom stereocenters. The van der Waals surface area contributed by atoms with Crippen LogP contribution in [0.5, 0.6) is 11.5 Å². The number of ether oxygens (including phenoxy) is 2. The van der Waals surface area contributed by atoms with Gasteiger partial charge in [-0.15, -0.1) is 0 Å². The van der Waals surface area contributed by atoms with Gasteiger partial charge in [-0.2, -0.15) is 8.78 Å². The van der Waals surface area contributed by atoms with Gasteiger partial charge in [-0.05, 0) is 55.0 Å². The molecule has 2 rings (SSSR count). The lowest BCUT2D eigenvalue weighted by Crippen LogP contribution is -2.07. The lowest BCUT2D eigenvalue weighted by molar-refractivity contribution is -0.111. The predicted molar refractivity (Wildman–Crippen MR) is 93.7 cm³/mol. The van der Waals surface area contributed by atoms with Crippen molar-refractivity contribution in [2.45, 2.75) is 13.5 Å². The van der Waals surface area contributed by atoms with Gasteiger partial charge in [0, 0.05) is 17.3 Å². The third-order valence-electron chi connectivity index (χ3n) is 3.39. The third kappa shape index (κ3) is 5.41. The minimum Gasteiger partial charge on any atom is -0.493 e. The van der Waals surface area contributed by atoms with Crippen LogP contribution in [0.4, 0.5) is 14.5 Å². The summed E-state index contributed by atoms with van der Waals surface area (Å²) in [4.78, 5) is 23.2. The Morgan fingerprint density at radius 2 is 1.77 bits per heavy atom. The molecule has 0 unspecified atom stereocenters. The number of anilines is 1. The van der Waals surface area contributed by atoms with Crippen molar-refractivity contribution in [3.63, 3.8) is 0 Å². The minimum atomic E-state index is -2.95. The molecular weight excluding hydrogens is 344 g/mol. The first-order chi connectivity index (χ1) is 12.4. The number of carbonyl (C=O) groups excluding carboxylic acids is 2. The van der Waals surface area contributed by atoms with E-state index in [2.05, 4.69) is 10.1 Å². The summed E-state index contributed by atoms with van der Waals surface area (Å²) in [5.41, 5.74) is 1.67. The highest BCUT2D eigenvalue weighted by molar-refractivity contribution is 6.02. The number of methoxy groups -OCH3 is 1. The van der Waals surface area contributed by atoms with Gasteiger partial charge in [0.25, 0.3) is 0 Å². The topological polar surface area (TPSA) is 64.6 Å². The molecule has 0 spiro atoms. The van der Waals surface area contributed by atoms with Crippen LogP contribution in [0.25, 0.3) is 6.08 Å². The molecule has 0 radical (unpaired) electrons. The van der Waals surface area contributed by atoms with E-state index in [1.165, 1.54) is 44.4 Å². The Morgan fingerprint density at radius 3 is 2.35 bits per heavy atom. The van der Waals surface area contributed by atoms with E-state index >= 15 is 0 Å². The standard InChI is InChI=1S/C19H17F2NO4/c1-12(23)14-5-7-15(8-6-14)22-18(24)10-4-13-3-9-16(26-19(20)21)17(11-13)25-2/h3-11,19H,1-2H3,(H,22,24)/b10-4+. The molecular formula is C19H17F2NO4. The fourth-order valence-electron chi connectivity index (χ4n) is 2.13. The molecule has 2 aromatic carbocycles. The second-order valence-corrected chi connectivity index (χ2v) is 5.24. The molecule has 1 amide bonds. The van der Waals surface area contributed by atoms with Crippen LogP contribution in [-0.4, -0.2) is 25.4 Å². The molecule has 0 aliphatic carbocycles. The molecule has 0 aliphatic rings. The third-order valence-corrected chi connectivity index (χ3v) is 3.39. The number of alkyl halides is 2. The highest BCUT2D eigenvalue weighted by Gasteiger charge is 2.10. The van der Waals surface area contributed by atoms with Crippen molar-refractivity contribution in [2.24, 2.45) is 0 Å². The Morgan fingerprint density at radius 1 is 1.08 bits per heavy atom. The van der Waals surface area contributed by atoms with Crippen LogP contribution in [0.1, 0.15) is 22.8 Å². The average Bonchev–Trinajstić information content (AvgIpc) is 2.60. The van der Waals surface area contributed by atoms with Gasteiger partial charge >= 0.3 is 6.61 Å². The summed E-state index contributed by atoms with van der Waals surface area (Å²) in [5, 5.41) is 2.65. The van der Waals surface area contributed by atoms with Gasteiger partial charge in [0.2, 0.25) is 5.91 Å². The Balaban J connectivity index is 2.04.